The van der Waals surface area contributed by atoms with Crippen LogP contribution >= 0.6 is 0 Å². The number of ether oxygens (including phenoxy) is 1. The van der Waals surface area contributed by atoms with Gasteiger partial charge in [-0.15, -0.1) is 0 Å². The third-order valence-electron chi connectivity index (χ3n) is 13.2. The van der Waals surface area contributed by atoms with Gasteiger partial charge >= 0.3 is 0 Å². The number of hydrogen-bond donors (Lipinski definition) is 2. The fourth-order valence-electron chi connectivity index (χ4n) is 10.6. The Hall–Kier alpha value is -5.14. The molecule has 2 saturated heterocycles. The van der Waals surface area contributed by atoms with Crippen molar-refractivity contribution in [3.63, 3.8) is 0 Å². The molecule has 5 atom stereocenters. The summed E-state index contributed by atoms with van der Waals surface area (Å²) in [5.74, 6) is -0.972. The Morgan fingerprint density at radius 1 is 0.810 bits per heavy atom. The zero-order chi connectivity index (χ0) is 40.5. The summed E-state index contributed by atoms with van der Waals surface area (Å²) in [7, 11) is -3.09. The number of benzene rings is 4. The van der Waals surface area contributed by atoms with Crippen molar-refractivity contribution in [1.29, 1.82) is 0 Å². The van der Waals surface area contributed by atoms with E-state index in [1.807, 2.05) is 105 Å². The average Bonchev–Trinajstić information content (AvgIpc) is 3.88. The van der Waals surface area contributed by atoms with Crippen LogP contribution in [0.2, 0.25) is 18.6 Å². The van der Waals surface area contributed by atoms with Crippen LogP contribution in [0.25, 0.3) is 0 Å². The summed E-state index contributed by atoms with van der Waals surface area (Å²) in [5, 5.41) is 10.0. The van der Waals surface area contributed by atoms with Gasteiger partial charge in [-0.3, -0.25) is 29.0 Å². The van der Waals surface area contributed by atoms with Crippen LogP contribution in [0.1, 0.15) is 61.3 Å². The molecule has 4 aromatic carbocycles. The normalized spacial score (nSPS) is 25.4. The second-order valence-corrected chi connectivity index (χ2v) is 21.1. The quantitative estimate of drug-likeness (QED) is 0.192. The highest BCUT2D eigenvalue weighted by Crippen LogP contribution is 2.60. The monoisotopic (exact) mass is 798 g/mol. The van der Waals surface area contributed by atoms with E-state index in [0.717, 1.165) is 46.6 Å². The number of carbonyl (C=O) groups excluding carboxylic acids is 4. The number of aliphatic hydroxyl groups is 1. The van der Waals surface area contributed by atoms with Gasteiger partial charge in [-0.2, -0.15) is 0 Å². The maximum absolute atomic E-state index is 15.4. The standard InChI is InChI=1S/C46H50N4O7Si/c1-29-44(58(2,3)56)40(26-43(54)47-24-8-11-35(47)28-51)57-46(29)36-25-34(50-38-13-7-5-10-32(38)17-23-42(50)53)20-21-39(36)48(45(46)55)27-30-14-18-33(19-15-30)49-37-12-6-4-9-31(37)16-22-41(49)52/h4-7,9-10,12-15,18-21,25,29,35,40,44,51,56H,8,11,16-17,22-24,26-28H2,1-3H3/t29-,35-,40+,44-,46+/m0/s1. The van der Waals surface area contributed by atoms with E-state index in [0.29, 0.717) is 49.2 Å². The first-order valence-electron chi connectivity index (χ1n) is 20.6. The lowest BCUT2D eigenvalue weighted by Crippen LogP contribution is -2.46. The molecule has 0 saturated carbocycles. The Balaban J connectivity index is 1.11. The summed E-state index contributed by atoms with van der Waals surface area (Å²) in [6.07, 6.45) is 2.88. The summed E-state index contributed by atoms with van der Waals surface area (Å²) in [6.45, 7) is 6.26. The molecule has 5 heterocycles. The van der Waals surface area contributed by atoms with Crippen molar-refractivity contribution in [3.8, 4) is 0 Å². The molecule has 11 nitrogen and oxygen atoms in total. The molecule has 12 heteroatoms. The topological polar surface area (TPSA) is 131 Å². The minimum atomic E-state index is -3.09. The van der Waals surface area contributed by atoms with Crippen molar-refractivity contribution in [2.24, 2.45) is 5.92 Å². The maximum atomic E-state index is 15.4. The summed E-state index contributed by atoms with van der Waals surface area (Å²) in [6, 6.07) is 28.9. The van der Waals surface area contributed by atoms with Crippen LogP contribution in [-0.2, 0) is 48.9 Å². The Labute approximate surface area is 339 Å². The smallest absolute Gasteiger partial charge is 0.264 e. The van der Waals surface area contributed by atoms with Crippen molar-refractivity contribution < 1.29 is 33.8 Å². The Bertz CT molecular complexity index is 2310. The maximum Gasteiger partial charge on any atom is 0.264 e. The lowest BCUT2D eigenvalue weighted by molar-refractivity contribution is -0.150. The number of anilines is 5. The Kier molecular flexibility index (Phi) is 9.66. The van der Waals surface area contributed by atoms with E-state index in [-0.39, 0.29) is 49.2 Å². The Morgan fingerprint density at radius 2 is 1.41 bits per heavy atom. The van der Waals surface area contributed by atoms with Crippen LogP contribution in [0.5, 0.6) is 0 Å². The number of nitrogens with zero attached hydrogens (tertiary/aromatic N) is 4. The number of hydrogen-bond acceptors (Lipinski definition) is 7. The number of fused-ring (bicyclic) bond motifs is 4. The van der Waals surface area contributed by atoms with E-state index in [2.05, 4.69) is 6.07 Å². The van der Waals surface area contributed by atoms with Gasteiger partial charge in [0.05, 0.1) is 48.8 Å². The highest BCUT2D eigenvalue weighted by molar-refractivity contribution is 6.71. The molecule has 9 rings (SSSR count). The predicted molar refractivity (Wildman–Crippen MR) is 223 cm³/mol. The van der Waals surface area contributed by atoms with E-state index >= 15 is 4.79 Å². The van der Waals surface area contributed by atoms with Gasteiger partial charge in [-0.1, -0.05) is 55.5 Å². The van der Waals surface area contributed by atoms with Gasteiger partial charge < -0.3 is 24.4 Å². The predicted octanol–water partition coefficient (Wildman–Crippen LogP) is 6.63. The molecular weight excluding hydrogens is 749 g/mol. The summed E-state index contributed by atoms with van der Waals surface area (Å²) >= 11 is 0. The molecule has 300 valence electrons. The first-order chi connectivity index (χ1) is 27.9. The van der Waals surface area contributed by atoms with E-state index in [9.17, 15) is 24.3 Å². The molecule has 0 bridgehead atoms. The van der Waals surface area contributed by atoms with Gasteiger partial charge in [-0.05, 0) is 97.9 Å². The van der Waals surface area contributed by atoms with Gasteiger partial charge in [0.25, 0.3) is 5.91 Å². The van der Waals surface area contributed by atoms with Gasteiger partial charge in [0.2, 0.25) is 17.7 Å². The van der Waals surface area contributed by atoms with E-state index in [4.69, 9.17) is 4.74 Å². The first kappa shape index (κ1) is 38.4. The molecule has 2 fully saturated rings. The van der Waals surface area contributed by atoms with E-state index < -0.39 is 31.5 Å². The lowest BCUT2D eigenvalue weighted by atomic mass is 9.82. The van der Waals surface area contributed by atoms with Gasteiger partial charge in [-0.25, -0.2) is 0 Å². The van der Waals surface area contributed by atoms with Crippen LogP contribution in [0.15, 0.2) is 91.0 Å². The van der Waals surface area contributed by atoms with Crippen molar-refractivity contribution in [2.45, 2.75) is 94.8 Å². The number of likely N-dealkylation sites (tertiary alicyclic amines) is 1. The van der Waals surface area contributed by atoms with Crippen molar-refractivity contribution >= 4 is 60.4 Å². The first-order valence-corrected chi connectivity index (χ1v) is 23.6. The third-order valence-corrected chi connectivity index (χ3v) is 15.7. The van der Waals surface area contributed by atoms with Gasteiger partial charge in [0.1, 0.15) is 0 Å². The molecule has 1 spiro atoms. The van der Waals surface area contributed by atoms with Crippen LogP contribution in [0, 0.1) is 5.92 Å². The molecule has 5 aliphatic rings. The molecule has 0 radical (unpaired) electrons. The van der Waals surface area contributed by atoms with Crippen LogP contribution in [-0.4, -0.2) is 72.0 Å². The highest BCUT2D eigenvalue weighted by atomic mass is 28.4. The van der Waals surface area contributed by atoms with Crippen LogP contribution in [0.4, 0.5) is 28.4 Å². The zero-order valence-electron chi connectivity index (χ0n) is 33.3. The van der Waals surface area contributed by atoms with Crippen LogP contribution in [0.3, 0.4) is 0 Å². The fourth-order valence-corrected chi connectivity index (χ4v) is 13.1. The second-order valence-electron chi connectivity index (χ2n) is 17.1. The highest BCUT2D eigenvalue weighted by Gasteiger charge is 2.66. The minimum Gasteiger partial charge on any atom is -0.432 e. The second kappa shape index (κ2) is 14.6. The number of aryl methyl sites for hydroxylation is 2. The lowest BCUT2D eigenvalue weighted by Gasteiger charge is -2.33. The Morgan fingerprint density at radius 3 is 2.03 bits per heavy atom. The molecule has 0 aliphatic carbocycles. The zero-order valence-corrected chi connectivity index (χ0v) is 34.3. The van der Waals surface area contributed by atoms with Crippen molar-refractivity contribution in [2.75, 3.05) is 27.9 Å². The number of rotatable bonds is 8. The molecule has 0 unspecified atom stereocenters. The summed E-state index contributed by atoms with van der Waals surface area (Å²) in [5.41, 5.74) is 5.32. The van der Waals surface area contributed by atoms with Crippen molar-refractivity contribution in [1.82, 2.24) is 4.90 Å². The molecule has 5 aliphatic heterocycles. The molecule has 4 amide bonds. The molecule has 58 heavy (non-hydrogen) atoms. The number of carbonyl (C=O) groups is 4. The van der Waals surface area contributed by atoms with Gasteiger partial charge in [0.15, 0.2) is 13.9 Å². The third kappa shape index (κ3) is 6.19. The fraction of sp³-hybridized carbons (Fsp3) is 0.391. The number of aliphatic hydroxyl groups excluding tert-OH is 1. The van der Waals surface area contributed by atoms with Crippen LogP contribution < -0.4 is 14.7 Å². The van der Waals surface area contributed by atoms with Gasteiger partial charge in [0, 0.05) is 47.8 Å². The molecule has 4 aromatic rings. The summed E-state index contributed by atoms with van der Waals surface area (Å²) < 4.78 is 7.08. The number of para-hydroxylation sites is 2. The van der Waals surface area contributed by atoms with Crippen molar-refractivity contribution in [3.05, 3.63) is 113 Å². The van der Waals surface area contributed by atoms with E-state index in [1.54, 1.807) is 19.6 Å². The average molecular weight is 799 g/mol. The molecule has 2 N–H and O–H groups in total. The largest absolute Gasteiger partial charge is 0.432 e. The SMILES string of the molecule is C[C@H]1[C@H]([Si](C)(C)O)[C@@H](CC(=O)N2CCC[C@H]2CO)O[C@]12C(=O)N(Cc1ccc(N3C(=O)CCc4ccccc43)cc1)c1ccc(N3C(=O)CCc4ccccc43)cc12. The molecular formula is C46H50N4O7Si. The minimum absolute atomic E-state index is 0.0235. The summed E-state index contributed by atoms with van der Waals surface area (Å²) in [4.78, 5) is 75.0. The molecule has 0 aromatic heterocycles. The number of amides is 4. The van der Waals surface area contributed by atoms with E-state index in [1.165, 1.54) is 0 Å².